The fraction of sp³-hybridized carbons (Fsp3) is 0.462. The van der Waals surface area contributed by atoms with Gasteiger partial charge in [0.05, 0.1) is 17.7 Å². The van der Waals surface area contributed by atoms with Crippen LogP contribution in [0, 0.1) is 12.8 Å². The number of nitrogens with one attached hydrogen (secondary N) is 1. The first-order chi connectivity index (χ1) is 8.86. The van der Waals surface area contributed by atoms with Crippen LogP contribution < -0.4 is 5.32 Å². The molecule has 19 heavy (non-hydrogen) atoms. The molecule has 1 atom stereocenters. The second-order valence-electron chi connectivity index (χ2n) is 4.52. The Morgan fingerprint density at radius 3 is 2.53 bits per heavy atom. The van der Waals surface area contributed by atoms with Crippen LogP contribution >= 0.6 is 11.6 Å². The molecule has 0 aromatic carbocycles. The van der Waals surface area contributed by atoms with E-state index in [0.717, 1.165) is 5.69 Å². The summed E-state index contributed by atoms with van der Waals surface area (Å²) in [5.41, 5.74) is 0.955. The molecule has 0 bridgehead atoms. The van der Waals surface area contributed by atoms with Gasteiger partial charge in [-0.1, -0.05) is 25.4 Å². The molecule has 0 fully saturated rings. The number of aryl methyl sites for hydroxylation is 1. The zero-order valence-corrected chi connectivity index (χ0v) is 12.1. The lowest BCUT2D eigenvalue weighted by Gasteiger charge is -2.20. The molecule has 1 amide bonds. The molecule has 1 heterocycles. The number of amides is 1. The number of halogens is 1. The molecule has 1 aromatic heterocycles. The third-order valence-corrected chi connectivity index (χ3v) is 2.96. The van der Waals surface area contributed by atoms with E-state index in [2.05, 4.69) is 15.0 Å². The van der Waals surface area contributed by atoms with Crippen LogP contribution in [-0.4, -0.2) is 30.0 Å². The Balaban J connectivity index is 2.91. The van der Waals surface area contributed by atoms with E-state index in [0.29, 0.717) is 5.02 Å². The predicted octanol–water partition coefficient (Wildman–Crippen LogP) is 1.97. The maximum absolute atomic E-state index is 12.1. The minimum absolute atomic E-state index is 0.0893. The predicted molar refractivity (Wildman–Crippen MR) is 72.1 cm³/mol. The number of ether oxygens (including phenoxy) is 1. The van der Waals surface area contributed by atoms with E-state index in [1.807, 2.05) is 13.8 Å². The molecule has 0 aliphatic heterocycles. The van der Waals surface area contributed by atoms with Crippen molar-refractivity contribution in [1.29, 1.82) is 0 Å². The van der Waals surface area contributed by atoms with Crippen LogP contribution in [0.3, 0.4) is 0 Å². The van der Waals surface area contributed by atoms with Crippen molar-refractivity contribution in [2.24, 2.45) is 5.92 Å². The fourth-order valence-corrected chi connectivity index (χ4v) is 1.83. The van der Waals surface area contributed by atoms with Crippen LogP contribution in [0.1, 0.15) is 29.9 Å². The number of carbonyl (C=O) groups excluding carboxylic acids is 2. The summed E-state index contributed by atoms with van der Waals surface area (Å²) in [5, 5.41) is 2.91. The number of nitrogens with zero attached hydrogens (tertiary/aromatic N) is 1. The van der Waals surface area contributed by atoms with Gasteiger partial charge in [-0.05, 0) is 18.9 Å². The number of pyridine rings is 1. The minimum Gasteiger partial charge on any atom is -0.467 e. The van der Waals surface area contributed by atoms with E-state index in [1.165, 1.54) is 13.3 Å². The molecule has 104 valence electrons. The van der Waals surface area contributed by atoms with E-state index < -0.39 is 17.9 Å². The summed E-state index contributed by atoms with van der Waals surface area (Å²) in [6.45, 7) is 5.41. The molecule has 1 rings (SSSR count). The first kappa shape index (κ1) is 15.4. The van der Waals surface area contributed by atoms with Crippen LogP contribution in [0.5, 0.6) is 0 Å². The van der Waals surface area contributed by atoms with Gasteiger partial charge in [0, 0.05) is 11.9 Å². The molecular formula is C13H17ClN2O3. The SMILES string of the molecule is COC(=O)C(NC(=O)c1cnc(C)cc1Cl)C(C)C. The van der Waals surface area contributed by atoms with Gasteiger partial charge in [-0.2, -0.15) is 0 Å². The lowest BCUT2D eigenvalue weighted by atomic mass is 10.0. The Hall–Kier alpha value is -1.62. The van der Waals surface area contributed by atoms with E-state index in [1.54, 1.807) is 13.0 Å². The zero-order valence-electron chi connectivity index (χ0n) is 11.4. The second-order valence-corrected chi connectivity index (χ2v) is 4.93. The summed E-state index contributed by atoms with van der Waals surface area (Å²) < 4.78 is 4.66. The molecule has 0 spiro atoms. The van der Waals surface area contributed by atoms with E-state index in [9.17, 15) is 9.59 Å². The largest absolute Gasteiger partial charge is 0.467 e. The van der Waals surface area contributed by atoms with Gasteiger partial charge in [0.1, 0.15) is 6.04 Å². The Morgan fingerprint density at radius 1 is 1.42 bits per heavy atom. The molecule has 0 saturated heterocycles. The number of hydrogen-bond donors (Lipinski definition) is 1. The number of hydrogen-bond acceptors (Lipinski definition) is 4. The fourth-order valence-electron chi connectivity index (χ4n) is 1.54. The number of esters is 1. The Kier molecular flexibility index (Phi) is 5.30. The van der Waals surface area contributed by atoms with Crippen molar-refractivity contribution < 1.29 is 14.3 Å². The highest BCUT2D eigenvalue weighted by Gasteiger charge is 2.26. The number of rotatable bonds is 4. The van der Waals surface area contributed by atoms with Crippen LogP contribution in [-0.2, 0) is 9.53 Å². The van der Waals surface area contributed by atoms with Gasteiger partial charge in [-0.3, -0.25) is 9.78 Å². The van der Waals surface area contributed by atoms with Crippen LogP contribution in [0.15, 0.2) is 12.3 Å². The van der Waals surface area contributed by atoms with Gasteiger partial charge in [-0.15, -0.1) is 0 Å². The molecular weight excluding hydrogens is 268 g/mol. The smallest absolute Gasteiger partial charge is 0.328 e. The standard InChI is InChI=1S/C13H17ClN2O3/c1-7(2)11(13(18)19-4)16-12(17)9-6-15-8(3)5-10(9)14/h5-7,11H,1-4H3,(H,16,17). The molecule has 5 nitrogen and oxygen atoms in total. The number of carbonyl (C=O) groups is 2. The van der Waals surface area contributed by atoms with Crippen molar-refractivity contribution in [3.63, 3.8) is 0 Å². The summed E-state index contributed by atoms with van der Waals surface area (Å²) in [6.07, 6.45) is 1.39. The Labute approximate surface area is 117 Å². The van der Waals surface area contributed by atoms with Crippen molar-refractivity contribution in [1.82, 2.24) is 10.3 Å². The van der Waals surface area contributed by atoms with E-state index in [-0.39, 0.29) is 11.5 Å². The van der Waals surface area contributed by atoms with Crippen molar-refractivity contribution in [2.75, 3.05) is 7.11 Å². The maximum Gasteiger partial charge on any atom is 0.328 e. The lowest BCUT2D eigenvalue weighted by molar-refractivity contribution is -0.144. The summed E-state index contributed by atoms with van der Waals surface area (Å²) in [5.74, 6) is -1.02. The Bertz CT molecular complexity index is 489. The highest BCUT2D eigenvalue weighted by molar-refractivity contribution is 6.33. The van der Waals surface area contributed by atoms with Gasteiger partial charge in [0.15, 0.2) is 0 Å². The maximum atomic E-state index is 12.1. The van der Waals surface area contributed by atoms with Crippen molar-refractivity contribution in [3.05, 3.63) is 28.5 Å². The molecule has 1 aromatic rings. The first-order valence-electron chi connectivity index (χ1n) is 5.87. The summed E-state index contributed by atoms with van der Waals surface area (Å²) >= 11 is 5.98. The Morgan fingerprint density at radius 2 is 2.05 bits per heavy atom. The van der Waals surface area contributed by atoms with Gasteiger partial charge < -0.3 is 10.1 Å². The number of aromatic nitrogens is 1. The third-order valence-electron chi connectivity index (χ3n) is 2.64. The molecule has 0 saturated carbocycles. The normalized spacial score (nSPS) is 12.1. The van der Waals surface area contributed by atoms with E-state index in [4.69, 9.17) is 11.6 Å². The molecule has 1 unspecified atom stereocenters. The van der Waals surface area contributed by atoms with Gasteiger partial charge in [0.2, 0.25) is 0 Å². The van der Waals surface area contributed by atoms with E-state index >= 15 is 0 Å². The third kappa shape index (κ3) is 3.92. The van der Waals surface area contributed by atoms with Crippen molar-refractivity contribution in [3.8, 4) is 0 Å². The molecule has 0 radical (unpaired) electrons. The highest BCUT2D eigenvalue weighted by Crippen LogP contribution is 2.16. The van der Waals surface area contributed by atoms with Crippen molar-refractivity contribution >= 4 is 23.5 Å². The van der Waals surface area contributed by atoms with Crippen LogP contribution in [0.25, 0.3) is 0 Å². The summed E-state index contributed by atoms with van der Waals surface area (Å²) in [4.78, 5) is 27.7. The van der Waals surface area contributed by atoms with Crippen molar-refractivity contribution in [2.45, 2.75) is 26.8 Å². The molecule has 1 N–H and O–H groups in total. The molecule has 0 aliphatic carbocycles. The number of methoxy groups -OCH3 is 1. The van der Waals surface area contributed by atoms with Crippen LogP contribution in [0.4, 0.5) is 0 Å². The summed E-state index contributed by atoms with van der Waals surface area (Å²) in [6, 6.07) is 0.883. The highest BCUT2D eigenvalue weighted by atomic mass is 35.5. The average Bonchev–Trinajstić information content (AvgIpc) is 2.34. The van der Waals surface area contributed by atoms with Gasteiger partial charge in [0.25, 0.3) is 5.91 Å². The minimum atomic E-state index is -0.713. The first-order valence-corrected chi connectivity index (χ1v) is 6.25. The van der Waals surface area contributed by atoms with Gasteiger partial charge in [-0.25, -0.2) is 4.79 Å². The molecule has 0 aliphatic rings. The molecule has 6 heteroatoms. The second kappa shape index (κ2) is 6.52. The zero-order chi connectivity index (χ0) is 14.6. The van der Waals surface area contributed by atoms with Crippen LogP contribution in [0.2, 0.25) is 5.02 Å². The van der Waals surface area contributed by atoms with Gasteiger partial charge >= 0.3 is 5.97 Å². The summed E-state index contributed by atoms with van der Waals surface area (Å²) in [7, 11) is 1.28. The topological polar surface area (TPSA) is 68.3 Å². The average molecular weight is 285 g/mol. The quantitative estimate of drug-likeness (QED) is 0.859. The lowest BCUT2D eigenvalue weighted by Crippen LogP contribution is -2.45. The monoisotopic (exact) mass is 284 g/mol.